The van der Waals surface area contributed by atoms with E-state index in [1.54, 1.807) is 0 Å². The Hall–Kier alpha value is -0.510. The van der Waals surface area contributed by atoms with Crippen molar-refractivity contribution in [1.82, 2.24) is 5.01 Å². The molecule has 1 atom stereocenters. The third-order valence-electron chi connectivity index (χ3n) is 1.36. The van der Waals surface area contributed by atoms with Crippen molar-refractivity contribution >= 4 is 11.6 Å². The van der Waals surface area contributed by atoms with Gasteiger partial charge in [-0.25, -0.2) is 10.1 Å². The lowest BCUT2D eigenvalue weighted by Gasteiger charge is -2.08. The molecule has 0 bridgehead atoms. The van der Waals surface area contributed by atoms with Crippen LogP contribution in [0.25, 0.3) is 0 Å². The molecular weight excluding hydrogens is 144 g/mol. The van der Waals surface area contributed by atoms with Crippen LogP contribution in [-0.4, -0.2) is 22.1 Å². The highest BCUT2D eigenvalue weighted by Gasteiger charge is 2.29. The number of halogens is 1. The second-order valence-corrected chi connectivity index (χ2v) is 2.48. The van der Waals surface area contributed by atoms with Crippen LogP contribution >= 0.6 is 11.6 Å². The zero-order valence-electron chi connectivity index (χ0n) is 4.79. The largest absolute Gasteiger partial charge is 0.235 e. The van der Waals surface area contributed by atoms with Gasteiger partial charge in [-0.3, -0.25) is 0 Å². The van der Waals surface area contributed by atoms with E-state index in [1.165, 1.54) is 0 Å². The molecule has 0 saturated carbocycles. The SMILES string of the molecule is O=[N+]([O-])N1CCCC1Cl. The summed E-state index contributed by atoms with van der Waals surface area (Å²) < 4.78 is 0. The van der Waals surface area contributed by atoms with Gasteiger partial charge < -0.3 is 0 Å². The molecule has 0 aromatic rings. The van der Waals surface area contributed by atoms with Crippen LogP contribution < -0.4 is 0 Å². The van der Waals surface area contributed by atoms with Crippen molar-refractivity contribution < 1.29 is 5.03 Å². The highest BCUT2D eigenvalue weighted by molar-refractivity contribution is 6.20. The Kier molecular flexibility index (Phi) is 1.75. The Labute approximate surface area is 57.5 Å². The molecule has 0 radical (unpaired) electrons. The van der Waals surface area contributed by atoms with E-state index in [2.05, 4.69) is 0 Å². The van der Waals surface area contributed by atoms with E-state index >= 15 is 0 Å². The summed E-state index contributed by atoms with van der Waals surface area (Å²) in [5.74, 6) is 0. The predicted molar refractivity (Wildman–Crippen MR) is 32.6 cm³/mol. The van der Waals surface area contributed by atoms with Gasteiger partial charge in [-0.1, -0.05) is 11.6 Å². The van der Waals surface area contributed by atoms with E-state index in [-0.39, 0.29) is 5.50 Å². The zero-order chi connectivity index (χ0) is 6.85. The van der Waals surface area contributed by atoms with Crippen LogP contribution in [-0.2, 0) is 0 Å². The summed E-state index contributed by atoms with van der Waals surface area (Å²) in [7, 11) is 0. The fourth-order valence-corrected chi connectivity index (χ4v) is 1.22. The molecule has 1 aliphatic heterocycles. The third kappa shape index (κ3) is 1.24. The number of hydrogen-bond acceptors (Lipinski definition) is 2. The van der Waals surface area contributed by atoms with Crippen molar-refractivity contribution in [3.63, 3.8) is 0 Å². The molecule has 9 heavy (non-hydrogen) atoms. The standard InChI is InChI=1S/C4H7ClN2O2/c5-4-2-1-3-6(4)7(8)9/h4H,1-3H2. The Morgan fingerprint density at radius 3 is 2.67 bits per heavy atom. The lowest BCUT2D eigenvalue weighted by molar-refractivity contribution is -0.654. The number of nitrogens with zero attached hydrogens (tertiary/aromatic N) is 2. The monoisotopic (exact) mass is 150 g/mol. The maximum Gasteiger partial charge on any atom is 0.163 e. The van der Waals surface area contributed by atoms with Crippen molar-refractivity contribution in [2.45, 2.75) is 18.3 Å². The van der Waals surface area contributed by atoms with Gasteiger partial charge in [0, 0.05) is 0 Å². The van der Waals surface area contributed by atoms with Crippen LogP contribution in [0.2, 0.25) is 0 Å². The van der Waals surface area contributed by atoms with E-state index in [1.807, 2.05) is 0 Å². The van der Waals surface area contributed by atoms with Gasteiger partial charge in [0.25, 0.3) is 0 Å². The second kappa shape index (κ2) is 2.39. The fraction of sp³-hybridized carbons (Fsp3) is 1.00. The van der Waals surface area contributed by atoms with Crippen LogP contribution in [0.4, 0.5) is 0 Å². The van der Waals surface area contributed by atoms with E-state index < -0.39 is 5.03 Å². The highest BCUT2D eigenvalue weighted by atomic mass is 35.5. The molecule has 1 aliphatic rings. The van der Waals surface area contributed by atoms with E-state index in [0.29, 0.717) is 6.54 Å². The summed E-state index contributed by atoms with van der Waals surface area (Å²) >= 11 is 5.56. The smallest absolute Gasteiger partial charge is 0.163 e. The van der Waals surface area contributed by atoms with Crippen molar-refractivity contribution in [3.8, 4) is 0 Å². The average molecular weight is 151 g/mol. The summed E-state index contributed by atoms with van der Waals surface area (Å²) in [5.41, 5.74) is -0.389. The molecule has 0 amide bonds. The first-order valence-electron chi connectivity index (χ1n) is 2.77. The zero-order valence-corrected chi connectivity index (χ0v) is 5.54. The first kappa shape index (κ1) is 6.61. The summed E-state index contributed by atoms with van der Waals surface area (Å²) in [6, 6.07) is 0. The lowest BCUT2D eigenvalue weighted by Crippen LogP contribution is -2.30. The minimum atomic E-state index is -0.440. The van der Waals surface area contributed by atoms with Crippen molar-refractivity contribution in [2.24, 2.45) is 0 Å². The molecule has 1 unspecified atom stereocenters. The quantitative estimate of drug-likeness (QED) is 0.241. The number of alkyl halides is 1. The molecule has 5 heteroatoms. The predicted octanol–water partition coefficient (Wildman–Crippen LogP) is 0.839. The molecule has 1 saturated heterocycles. The average Bonchev–Trinajstić information content (AvgIpc) is 2.13. The molecule has 1 fully saturated rings. The maximum atomic E-state index is 10.1. The van der Waals surface area contributed by atoms with Crippen LogP contribution in [0, 0.1) is 10.1 Å². The normalized spacial score (nSPS) is 26.8. The summed E-state index contributed by atoms with van der Waals surface area (Å²) in [6.07, 6.45) is 1.55. The highest BCUT2D eigenvalue weighted by Crippen LogP contribution is 2.19. The fourth-order valence-electron chi connectivity index (χ4n) is 0.895. The first-order chi connectivity index (χ1) is 4.22. The maximum absolute atomic E-state index is 10.1. The van der Waals surface area contributed by atoms with Gasteiger partial charge in [0.2, 0.25) is 0 Å². The molecule has 52 valence electrons. The minimum absolute atomic E-state index is 0.389. The first-order valence-corrected chi connectivity index (χ1v) is 3.20. The molecule has 0 aliphatic carbocycles. The van der Waals surface area contributed by atoms with Crippen molar-refractivity contribution in [2.75, 3.05) is 6.54 Å². The molecule has 0 spiro atoms. The van der Waals surface area contributed by atoms with Gasteiger partial charge >= 0.3 is 0 Å². The molecule has 0 aromatic heterocycles. The van der Waals surface area contributed by atoms with Crippen LogP contribution in [0.5, 0.6) is 0 Å². The minimum Gasteiger partial charge on any atom is -0.235 e. The van der Waals surface area contributed by atoms with Crippen LogP contribution in [0.3, 0.4) is 0 Å². The van der Waals surface area contributed by atoms with Crippen LogP contribution in [0.1, 0.15) is 12.8 Å². The molecular formula is C4H7ClN2O2. The Morgan fingerprint density at radius 2 is 2.44 bits per heavy atom. The van der Waals surface area contributed by atoms with Gasteiger partial charge in [0.05, 0.1) is 6.54 Å². The molecule has 1 rings (SSSR count). The van der Waals surface area contributed by atoms with Gasteiger partial charge in [-0.05, 0) is 12.8 Å². The van der Waals surface area contributed by atoms with E-state index in [9.17, 15) is 10.1 Å². The molecule has 1 heterocycles. The van der Waals surface area contributed by atoms with Gasteiger partial charge in [0.1, 0.15) is 0 Å². The molecule has 4 nitrogen and oxygen atoms in total. The van der Waals surface area contributed by atoms with E-state index in [0.717, 1.165) is 17.9 Å². The van der Waals surface area contributed by atoms with Gasteiger partial charge in [0.15, 0.2) is 10.5 Å². The summed E-state index contributed by atoms with van der Waals surface area (Å²) in [5, 5.41) is 10.7. The molecule has 0 aromatic carbocycles. The molecule has 0 N–H and O–H groups in total. The Morgan fingerprint density at radius 1 is 1.78 bits per heavy atom. The third-order valence-corrected chi connectivity index (χ3v) is 1.81. The number of rotatable bonds is 1. The van der Waals surface area contributed by atoms with Gasteiger partial charge in [-0.2, -0.15) is 0 Å². The summed E-state index contributed by atoms with van der Waals surface area (Å²) in [4.78, 5) is 10.1. The van der Waals surface area contributed by atoms with Crippen molar-refractivity contribution in [1.29, 1.82) is 0 Å². The van der Waals surface area contributed by atoms with Crippen LogP contribution in [0.15, 0.2) is 0 Å². The Balaban J connectivity index is 2.49. The van der Waals surface area contributed by atoms with Gasteiger partial charge in [-0.15, -0.1) is 5.01 Å². The number of nitro groups is 1. The lowest BCUT2D eigenvalue weighted by atomic mass is 10.4. The topological polar surface area (TPSA) is 46.4 Å². The second-order valence-electron chi connectivity index (χ2n) is 1.98. The van der Waals surface area contributed by atoms with E-state index in [4.69, 9.17) is 11.6 Å². The van der Waals surface area contributed by atoms with Crippen molar-refractivity contribution in [3.05, 3.63) is 10.1 Å². The number of hydrogen-bond donors (Lipinski definition) is 0. The Bertz CT molecular complexity index is 130. The number of hydrazine groups is 1. The summed E-state index contributed by atoms with van der Waals surface area (Å²) in [6.45, 7) is 0.487.